The second-order valence-electron chi connectivity index (χ2n) is 16.9. The molecule has 0 bridgehead atoms. The first-order valence-electron chi connectivity index (χ1n) is 22.9. The van der Waals surface area contributed by atoms with Gasteiger partial charge in [0.2, 0.25) is 0 Å². The van der Waals surface area contributed by atoms with E-state index in [1.807, 2.05) is 13.8 Å². The summed E-state index contributed by atoms with van der Waals surface area (Å²) in [5.41, 5.74) is 17.0. The summed E-state index contributed by atoms with van der Waals surface area (Å²) in [6, 6.07) is 81.5. The number of furan rings is 1. The zero-order valence-electron chi connectivity index (χ0n) is 36.6. The first-order valence-corrected chi connectivity index (χ1v) is 22.9. The largest absolute Gasteiger partial charge is 0.456 e. The molecule has 0 aliphatic heterocycles. The van der Waals surface area contributed by atoms with Gasteiger partial charge in [-0.3, -0.25) is 0 Å². The van der Waals surface area contributed by atoms with Gasteiger partial charge in [0, 0.05) is 60.2 Å². The third-order valence-corrected chi connectivity index (χ3v) is 13.4. The highest BCUT2D eigenvalue weighted by Gasteiger charge is 2.18. The fraction of sp³-hybridized carbons (Fsp3) is 0.0323. The topological polar surface area (TPSA) is 27.9 Å². The van der Waals surface area contributed by atoms with Crippen LogP contribution in [-0.2, 0) is 0 Å². The highest BCUT2D eigenvalue weighted by atomic mass is 16.3. The van der Waals surface area contributed by atoms with Gasteiger partial charge >= 0.3 is 0 Å². The third-order valence-electron chi connectivity index (χ3n) is 13.4. The van der Waals surface area contributed by atoms with Crippen LogP contribution in [0.1, 0.15) is 13.8 Å². The van der Waals surface area contributed by atoms with Crippen LogP contribution in [0.5, 0.6) is 0 Å². The van der Waals surface area contributed by atoms with Crippen LogP contribution in [-0.4, -0.2) is 13.7 Å². The summed E-state index contributed by atoms with van der Waals surface area (Å²) in [5.74, 6) is 0. The molecule has 4 heterocycles. The molecule has 10 aromatic carbocycles. The monoisotopic (exact) mass is 845 g/mol. The average molecular weight is 846 g/mol. The number of fused-ring (bicyclic) bond motifs is 12. The maximum Gasteiger partial charge on any atom is 0.135 e. The Kier molecular flexibility index (Phi) is 8.62. The van der Waals surface area contributed by atoms with Crippen molar-refractivity contribution in [1.29, 1.82) is 0 Å². The molecule has 4 aromatic heterocycles. The molecule has 0 radical (unpaired) electrons. The predicted octanol–water partition coefficient (Wildman–Crippen LogP) is 17.2. The standard InChI is InChI=1S/C60H37N3O.C2H6/c1-2-14-42(15-3-1)61-55-23-10-6-19-47(55)49-35-40(26-29-57(49)61)41-27-31-59-51(36-41)52-37-44(28-32-60(52)64-59)63-56-24-11-7-20-48(56)50-34-39(25-30-58(50)63)38-13-12-16-43(33-38)62-53-21-8-4-17-45(53)46-18-5-9-22-54(46)62;1-2/h1-37H;1-2H3. The van der Waals surface area contributed by atoms with Crippen LogP contribution in [0.15, 0.2) is 229 Å². The molecule has 0 aliphatic carbocycles. The van der Waals surface area contributed by atoms with E-state index in [0.29, 0.717) is 0 Å². The van der Waals surface area contributed by atoms with Crippen LogP contribution in [0.3, 0.4) is 0 Å². The van der Waals surface area contributed by atoms with E-state index in [4.69, 9.17) is 4.42 Å². The first kappa shape index (κ1) is 37.9. The lowest BCUT2D eigenvalue weighted by Gasteiger charge is -2.11. The molecule has 0 amide bonds. The summed E-state index contributed by atoms with van der Waals surface area (Å²) in [6.07, 6.45) is 0. The maximum atomic E-state index is 6.50. The van der Waals surface area contributed by atoms with Crippen LogP contribution >= 0.6 is 0 Å². The Hall–Kier alpha value is -8.60. The third kappa shape index (κ3) is 5.71. The first-order chi connectivity index (χ1) is 32.7. The minimum Gasteiger partial charge on any atom is -0.456 e. The molecule has 0 saturated carbocycles. The van der Waals surface area contributed by atoms with Gasteiger partial charge in [0.1, 0.15) is 11.2 Å². The summed E-state index contributed by atoms with van der Waals surface area (Å²) >= 11 is 0. The molecule has 0 fully saturated rings. The molecular formula is C62H43N3O. The smallest absolute Gasteiger partial charge is 0.135 e. The second kappa shape index (κ2) is 15.0. The normalized spacial score (nSPS) is 11.8. The highest BCUT2D eigenvalue weighted by Crippen LogP contribution is 2.41. The van der Waals surface area contributed by atoms with Gasteiger partial charge in [-0.05, 0) is 125 Å². The molecule has 0 aliphatic rings. The lowest BCUT2D eigenvalue weighted by atomic mass is 10.0. The minimum absolute atomic E-state index is 0.878. The quantitative estimate of drug-likeness (QED) is 0.170. The lowest BCUT2D eigenvalue weighted by Crippen LogP contribution is -1.94. The molecule has 0 spiro atoms. The van der Waals surface area contributed by atoms with E-state index >= 15 is 0 Å². The molecule has 14 rings (SSSR count). The fourth-order valence-corrected chi connectivity index (χ4v) is 10.5. The summed E-state index contributed by atoms with van der Waals surface area (Å²) in [4.78, 5) is 0. The van der Waals surface area contributed by atoms with Crippen molar-refractivity contribution in [3.8, 4) is 39.3 Å². The van der Waals surface area contributed by atoms with E-state index in [9.17, 15) is 0 Å². The molecular weight excluding hydrogens is 803 g/mol. The predicted molar refractivity (Wildman–Crippen MR) is 279 cm³/mol. The minimum atomic E-state index is 0.878. The summed E-state index contributed by atoms with van der Waals surface area (Å²) in [7, 11) is 0. The average Bonchev–Trinajstić information content (AvgIpc) is 4.13. The summed E-state index contributed by atoms with van der Waals surface area (Å²) in [6.45, 7) is 4.00. The Morgan fingerprint density at radius 3 is 1.15 bits per heavy atom. The Labute approximate surface area is 381 Å². The summed E-state index contributed by atoms with van der Waals surface area (Å²) in [5, 5.41) is 9.66. The van der Waals surface area contributed by atoms with E-state index < -0.39 is 0 Å². The van der Waals surface area contributed by atoms with Crippen molar-refractivity contribution in [1.82, 2.24) is 13.7 Å². The van der Waals surface area contributed by atoms with E-state index in [1.54, 1.807) is 0 Å². The summed E-state index contributed by atoms with van der Waals surface area (Å²) < 4.78 is 13.7. The number of hydrogen-bond donors (Lipinski definition) is 0. The fourth-order valence-electron chi connectivity index (χ4n) is 10.5. The molecule has 14 aromatic rings. The lowest BCUT2D eigenvalue weighted by molar-refractivity contribution is 0.669. The van der Waals surface area contributed by atoms with E-state index in [2.05, 4.69) is 238 Å². The van der Waals surface area contributed by atoms with Crippen molar-refractivity contribution in [2.75, 3.05) is 0 Å². The molecule has 66 heavy (non-hydrogen) atoms. The molecule has 0 saturated heterocycles. The van der Waals surface area contributed by atoms with E-state index in [1.165, 1.54) is 82.1 Å². The molecule has 0 N–H and O–H groups in total. The van der Waals surface area contributed by atoms with Crippen molar-refractivity contribution in [2.45, 2.75) is 13.8 Å². The number of benzene rings is 10. The zero-order chi connectivity index (χ0) is 43.9. The number of nitrogens with zero attached hydrogens (tertiary/aromatic N) is 3. The number of hydrogen-bond acceptors (Lipinski definition) is 1. The van der Waals surface area contributed by atoms with Gasteiger partial charge in [0.15, 0.2) is 0 Å². The molecule has 4 heteroatoms. The Balaban J connectivity index is 0.00000215. The Morgan fingerprint density at radius 2 is 0.606 bits per heavy atom. The highest BCUT2D eigenvalue weighted by molar-refractivity contribution is 6.14. The maximum absolute atomic E-state index is 6.50. The zero-order valence-corrected chi connectivity index (χ0v) is 36.6. The van der Waals surface area contributed by atoms with E-state index in [-0.39, 0.29) is 0 Å². The van der Waals surface area contributed by atoms with Crippen LogP contribution in [0.25, 0.3) is 127 Å². The Morgan fingerprint density at radius 1 is 0.242 bits per heavy atom. The van der Waals surface area contributed by atoms with Gasteiger partial charge in [0.05, 0.1) is 33.1 Å². The number of aromatic nitrogens is 3. The second-order valence-corrected chi connectivity index (χ2v) is 16.9. The number of rotatable bonds is 5. The van der Waals surface area contributed by atoms with Gasteiger partial charge in [-0.25, -0.2) is 0 Å². The van der Waals surface area contributed by atoms with Gasteiger partial charge in [0.25, 0.3) is 0 Å². The van der Waals surface area contributed by atoms with Crippen molar-refractivity contribution in [3.63, 3.8) is 0 Å². The van der Waals surface area contributed by atoms with Crippen molar-refractivity contribution >= 4 is 87.4 Å². The van der Waals surface area contributed by atoms with E-state index in [0.717, 1.165) is 44.6 Å². The molecule has 312 valence electrons. The van der Waals surface area contributed by atoms with Gasteiger partial charge in [-0.2, -0.15) is 0 Å². The number of para-hydroxylation sites is 5. The van der Waals surface area contributed by atoms with Crippen molar-refractivity contribution in [3.05, 3.63) is 224 Å². The van der Waals surface area contributed by atoms with Crippen molar-refractivity contribution < 1.29 is 4.42 Å². The van der Waals surface area contributed by atoms with Gasteiger partial charge in [-0.15, -0.1) is 0 Å². The molecule has 0 atom stereocenters. The van der Waals surface area contributed by atoms with Gasteiger partial charge < -0.3 is 18.1 Å². The van der Waals surface area contributed by atoms with Gasteiger partial charge in [-0.1, -0.05) is 135 Å². The molecule has 0 unspecified atom stereocenters. The van der Waals surface area contributed by atoms with Crippen LogP contribution in [0, 0.1) is 0 Å². The van der Waals surface area contributed by atoms with Crippen molar-refractivity contribution in [2.24, 2.45) is 0 Å². The van der Waals surface area contributed by atoms with Crippen LogP contribution in [0.2, 0.25) is 0 Å². The van der Waals surface area contributed by atoms with Crippen LogP contribution < -0.4 is 0 Å². The van der Waals surface area contributed by atoms with Crippen LogP contribution in [0.4, 0.5) is 0 Å². The molecule has 4 nitrogen and oxygen atoms in total. The Bertz CT molecular complexity index is 4140. The SMILES string of the molecule is CC.c1ccc(-n2c3ccccc3c3cc(-c4ccc5oc6ccc(-n7c8ccccc8c8cc(-c9cccc(-n%10c%11ccccc%11c%11ccccc%11%10)c9)ccc87)cc6c5c4)ccc32)cc1.